The van der Waals surface area contributed by atoms with E-state index in [1.165, 1.54) is 12.3 Å². The van der Waals surface area contributed by atoms with E-state index >= 15 is 0 Å². The van der Waals surface area contributed by atoms with Crippen molar-refractivity contribution in [1.29, 1.82) is 0 Å². The zero-order valence-electron chi connectivity index (χ0n) is 8.63. The molecule has 0 bridgehead atoms. The van der Waals surface area contributed by atoms with E-state index in [4.69, 9.17) is 15.6 Å². The van der Waals surface area contributed by atoms with Crippen molar-refractivity contribution in [1.82, 2.24) is 9.55 Å². The molecule has 0 aromatic carbocycles. The van der Waals surface area contributed by atoms with Crippen molar-refractivity contribution in [2.75, 3.05) is 12.3 Å². The molecule has 2 rings (SSSR count). The van der Waals surface area contributed by atoms with Gasteiger partial charge in [-0.3, -0.25) is 9.30 Å². The molecule has 17 heavy (non-hydrogen) atoms. The quantitative estimate of drug-likeness (QED) is 0.457. The van der Waals surface area contributed by atoms with Gasteiger partial charge in [-0.2, -0.15) is 9.54 Å². The minimum Gasteiger partial charge on any atom is -0.388 e. The Morgan fingerprint density at radius 2 is 2.35 bits per heavy atom. The van der Waals surface area contributed by atoms with Crippen LogP contribution in [-0.4, -0.2) is 41.8 Å². The Morgan fingerprint density at radius 3 is 2.88 bits per heavy atom. The minimum absolute atomic E-state index is 0.0560. The normalized spacial score (nSPS) is 32.9. The molecule has 0 amide bonds. The molecule has 1 unspecified atom stereocenters. The maximum Gasteiger partial charge on any atom is 0.351 e. The van der Waals surface area contributed by atoms with Crippen LogP contribution in [0.3, 0.4) is 0 Å². The van der Waals surface area contributed by atoms with Gasteiger partial charge in [-0.15, -0.1) is 0 Å². The number of aliphatic hydroxyl groups excluding tert-OH is 2. The number of nitrogens with zero attached hydrogens (tertiary/aromatic N) is 2. The molecule has 1 saturated heterocycles. The Morgan fingerprint density at radius 1 is 1.65 bits per heavy atom. The number of aromatic nitrogens is 2. The first-order valence-electron chi connectivity index (χ1n) is 4.74. The molecule has 1 aliphatic rings. The highest BCUT2D eigenvalue weighted by Crippen LogP contribution is 2.31. The van der Waals surface area contributed by atoms with E-state index in [1.807, 2.05) is 0 Å². The Hall–Kier alpha value is -1.13. The van der Waals surface area contributed by atoms with Crippen LogP contribution in [0, 0.1) is 0 Å². The zero-order valence-corrected chi connectivity index (χ0v) is 9.45. The molecular weight excluding hydrogens is 250 g/mol. The molecule has 1 aliphatic heterocycles. The van der Waals surface area contributed by atoms with Crippen LogP contribution in [-0.2, 0) is 15.9 Å². The minimum atomic E-state index is -1.54. The fourth-order valence-electron chi connectivity index (χ4n) is 1.50. The second-order valence-corrected chi connectivity index (χ2v) is 5.12. The van der Waals surface area contributed by atoms with Gasteiger partial charge in [0.05, 0.1) is 0 Å². The maximum absolute atomic E-state index is 11.5. The summed E-state index contributed by atoms with van der Waals surface area (Å²) in [6, 6.07) is 1.37. The number of ether oxygens (including phenoxy) is 1. The van der Waals surface area contributed by atoms with Gasteiger partial charge in [0.1, 0.15) is 12.4 Å². The highest BCUT2D eigenvalue weighted by atomic mass is 32.2. The van der Waals surface area contributed by atoms with Crippen LogP contribution in [0.15, 0.2) is 17.1 Å². The Balaban J connectivity index is 2.32. The summed E-state index contributed by atoms with van der Waals surface area (Å²) in [6.45, 7) is -0.440. The van der Waals surface area contributed by atoms with Crippen LogP contribution in [0.1, 0.15) is 6.23 Å². The molecular formula is C8H12N3O5S+. The average molecular weight is 262 g/mol. The van der Waals surface area contributed by atoms with Gasteiger partial charge in [0, 0.05) is 6.20 Å². The zero-order chi connectivity index (χ0) is 12.6. The standard InChI is InChI=1S/C8H11N3O5S/c9-4-1-2-11(8(14)10-4)6-7(13)17(15)5(3-12)16-6/h1-2,5-7,12-13,15H,3H2,(H-,9,10,14)/p+1/t5-,6+,7+,17?/m0/s1. The maximum atomic E-state index is 11.5. The van der Waals surface area contributed by atoms with Gasteiger partial charge >= 0.3 is 5.69 Å². The summed E-state index contributed by atoms with van der Waals surface area (Å²) in [4.78, 5) is 15.0. The number of nitrogens with two attached hydrogens (primary N) is 1. The van der Waals surface area contributed by atoms with Crippen molar-refractivity contribution in [2.45, 2.75) is 17.1 Å². The first-order chi connectivity index (χ1) is 8.04. The lowest BCUT2D eigenvalue weighted by atomic mass is 10.5. The van der Waals surface area contributed by atoms with E-state index in [2.05, 4.69) is 4.98 Å². The summed E-state index contributed by atoms with van der Waals surface area (Å²) < 4.78 is 15.8. The first kappa shape index (κ1) is 12.3. The Bertz CT molecular complexity index is 467. The molecule has 0 radical (unpaired) electrons. The average Bonchev–Trinajstić information content (AvgIpc) is 2.57. The summed E-state index contributed by atoms with van der Waals surface area (Å²) in [5, 5.41) is 18.6. The second kappa shape index (κ2) is 4.63. The van der Waals surface area contributed by atoms with Gasteiger partial charge in [-0.25, -0.2) is 4.79 Å². The molecule has 2 heterocycles. The third-order valence-electron chi connectivity index (χ3n) is 2.33. The summed E-state index contributed by atoms with van der Waals surface area (Å²) in [6.07, 6.45) is 0.247. The predicted octanol–water partition coefficient (Wildman–Crippen LogP) is -1.92. The third kappa shape index (κ3) is 2.15. The smallest absolute Gasteiger partial charge is 0.351 e. The monoisotopic (exact) mass is 262 g/mol. The van der Waals surface area contributed by atoms with Gasteiger partial charge in [0.15, 0.2) is 0 Å². The second-order valence-electron chi connectivity index (χ2n) is 3.42. The van der Waals surface area contributed by atoms with E-state index < -0.39 is 40.6 Å². The molecule has 4 atom stereocenters. The molecule has 5 N–H and O–H groups in total. The summed E-state index contributed by atoms with van der Waals surface area (Å²) in [5.74, 6) is 0.0560. The number of anilines is 1. The number of hydrogen-bond acceptors (Lipinski definition) is 7. The largest absolute Gasteiger partial charge is 0.388 e. The van der Waals surface area contributed by atoms with Crippen LogP contribution in [0.5, 0.6) is 0 Å². The van der Waals surface area contributed by atoms with Crippen molar-refractivity contribution in [3.8, 4) is 0 Å². The fourth-order valence-corrected chi connectivity index (χ4v) is 2.62. The van der Waals surface area contributed by atoms with Crippen molar-refractivity contribution in [2.24, 2.45) is 0 Å². The van der Waals surface area contributed by atoms with Crippen LogP contribution >= 0.6 is 0 Å². The summed E-state index contributed by atoms with van der Waals surface area (Å²) >= 11 is -1.54. The number of aliphatic hydroxyl groups is 2. The van der Waals surface area contributed by atoms with E-state index in [0.29, 0.717) is 0 Å². The fraction of sp³-hybridized carbons (Fsp3) is 0.500. The van der Waals surface area contributed by atoms with Crippen molar-refractivity contribution >= 4 is 17.0 Å². The molecule has 0 saturated carbocycles. The first-order valence-corrected chi connectivity index (χ1v) is 6.05. The van der Waals surface area contributed by atoms with Crippen LogP contribution in [0.25, 0.3) is 0 Å². The van der Waals surface area contributed by atoms with Crippen molar-refractivity contribution < 1.29 is 19.5 Å². The molecule has 94 valence electrons. The van der Waals surface area contributed by atoms with Crippen molar-refractivity contribution in [3.63, 3.8) is 0 Å². The third-order valence-corrected chi connectivity index (χ3v) is 3.85. The summed E-state index contributed by atoms with van der Waals surface area (Å²) in [5.41, 5.74) is 2.45. The lowest BCUT2D eigenvalue weighted by Crippen LogP contribution is -2.33. The molecule has 1 fully saturated rings. The molecule has 0 aliphatic carbocycles. The lowest BCUT2D eigenvalue weighted by molar-refractivity contribution is -0.0524. The van der Waals surface area contributed by atoms with Crippen LogP contribution < -0.4 is 11.4 Å². The van der Waals surface area contributed by atoms with Gasteiger partial charge in [0.25, 0.3) is 10.9 Å². The van der Waals surface area contributed by atoms with Crippen molar-refractivity contribution in [3.05, 3.63) is 22.7 Å². The Kier molecular flexibility index (Phi) is 3.35. The SMILES string of the molecule is Nc1ccn([C@@H]2O[C@H](CO)[S+](O)[C@H]2O)c(=O)n1. The van der Waals surface area contributed by atoms with Crippen LogP contribution in [0.4, 0.5) is 5.82 Å². The molecule has 8 nitrogen and oxygen atoms in total. The molecule has 9 heteroatoms. The lowest BCUT2D eigenvalue weighted by Gasteiger charge is -2.11. The van der Waals surface area contributed by atoms with Gasteiger partial charge < -0.3 is 15.9 Å². The number of rotatable bonds is 2. The summed E-state index contributed by atoms with van der Waals surface area (Å²) in [7, 11) is 0. The molecule has 1 aromatic rings. The van der Waals surface area contributed by atoms with Gasteiger partial charge in [-0.1, -0.05) is 0 Å². The van der Waals surface area contributed by atoms with E-state index in [1.54, 1.807) is 0 Å². The highest BCUT2D eigenvalue weighted by molar-refractivity contribution is 7.92. The highest BCUT2D eigenvalue weighted by Gasteiger charge is 2.54. The number of hydrogen-bond donors (Lipinski definition) is 4. The van der Waals surface area contributed by atoms with E-state index in [9.17, 15) is 14.5 Å². The molecule has 1 aromatic heterocycles. The van der Waals surface area contributed by atoms with Gasteiger partial charge in [-0.05, 0) is 6.07 Å². The Labute approximate surface area is 98.8 Å². The van der Waals surface area contributed by atoms with E-state index in [0.717, 1.165) is 4.57 Å². The van der Waals surface area contributed by atoms with Crippen LogP contribution in [0.2, 0.25) is 0 Å². The predicted molar refractivity (Wildman–Crippen MR) is 59.9 cm³/mol. The van der Waals surface area contributed by atoms with Gasteiger partial charge in [0.2, 0.25) is 17.4 Å². The number of nitrogen functional groups attached to an aromatic ring is 1. The van der Waals surface area contributed by atoms with E-state index in [-0.39, 0.29) is 5.82 Å². The topological polar surface area (TPSA) is 131 Å². The molecule has 0 spiro atoms.